The van der Waals surface area contributed by atoms with Crippen molar-refractivity contribution >= 4 is 13.8 Å². The molecule has 0 saturated carbocycles. The number of phosphoric ester groups is 1. The van der Waals surface area contributed by atoms with Crippen LogP contribution >= 0.6 is 7.82 Å². The van der Waals surface area contributed by atoms with Crippen molar-refractivity contribution in [1.29, 1.82) is 0 Å². The number of rotatable bonds is 38. The molecule has 0 aliphatic heterocycles. The number of phosphoric acid groups is 1. The van der Waals surface area contributed by atoms with Crippen LogP contribution in [0.25, 0.3) is 0 Å². The second kappa shape index (κ2) is 38.9. The van der Waals surface area contributed by atoms with E-state index >= 15 is 0 Å². The molecule has 3 unspecified atom stereocenters. The van der Waals surface area contributed by atoms with Crippen molar-refractivity contribution in [2.45, 2.75) is 167 Å². The van der Waals surface area contributed by atoms with Crippen LogP contribution in [0, 0.1) is 0 Å². The number of carbonyl (C=O) groups excluding carboxylic acids is 1. The molecule has 0 spiro atoms. The van der Waals surface area contributed by atoms with Crippen molar-refractivity contribution in [3.05, 3.63) is 60.8 Å². The lowest BCUT2D eigenvalue weighted by Gasteiger charge is -2.20. The Morgan fingerprint density at radius 2 is 1.08 bits per heavy atom. The molecule has 0 fully saturated rings. The average Bonchev–Trinajstić information content (AvgIpc) is 3.13. The van der Waals surface area contributed by atoms with E-state index in [1.165, 1.54) is 70.6 Å². The third-order valence-corrected chi connectivity index (χ3v) is 9.17. The van der Waals surface area contributed by atoms with E-state index in [4.69, 9.17) is 23.6 Å². The molecular weight excluding hydrogens is 679 g/mol. The topological polar surface area (TPSA) is 132 Å². The Bertz CT molecular complexity index is 992. The van der Waals surface area contributed by atoms with Gasteiger partial charge in [-0.05, 0) is 51.4 Å². The van der Waals surface area contributed by atoms with E-state index in [0.717, 1.165) is 57.8 Å². The number of allylic oxidation sites excluding steroid dienone is 10. The first-order valence-electron chi connectivity index (χ1n) is 20.3. The summed E-state index contributed by atoms with van der Waals surface area (Å²) in [6, 6.07) is 0. The number of aliphatic hydroxyl groups excluding tert-OH is 2. The minimum absolute atomic E-state index is 0.0260. The van der Waals surface area contributed by atoms with Gasteiger partial charge in [0.1, 0.15) is 12.2 Å². The van der Waals surface area contributed by atoms with Crippen LogP contribution in [-0.2, 0) is 27.9 Å². The van der Waals surface area contributed by atoms with Crippen molar-refractivity contribution in [2.24, 2.45) is 0 Å². The first-order chi connectivity index (χ1) is 25.3. The largest absolute Gasteiger partial charge is 0.472 e. The number of hydrogen-bond donors (Lipinski definition) is 3. The molecule has 0 radical (unpaired) electrons. The first-order valence-corrected chi connectivity index (χ1v) is 21.8. The van der Waals surface area contributed by atoms with E-state index in [0.29, 0.717) is 13.0 Å². The zero-order chi connectivity index (χ0) is 38.2. The maximum Gasteiger partial charge on any atom is 0.472 e. The Kier molecular flexibility index (Phi) is 37.5. The van der Waals surface area contributed by atoms with Gasteiger partial charge in [0.25, 0.3) is 0 Å². The fraction of sp³-hybridized carbons (Fsp3) is 0.738. The summed E-state index contributed by atoms with van der Waals surface area (Å²) >= 11 is 0. The number of aliphatic hydroxyl groups is 2. The second-order valence-corrected chi connectivity index (χ2v) is 14.7. The Morgan fingerprint density at radius 1 is 0.615 bits per heavy atom. The molecule has 10 heteroatoms. The quantitative estimate of drug-likeness (QED) is 0.0244. The van der Waals surface area contributed by atoms with Gasteiger partial charge in [-0.3, -0.25) is 13.8 Å². The highest BCUT2D eigenvalue weighted by Gasteiger charge is 2.26. The molecule has 9 nitrogen and oxygen atoms in total. The molecule has 0 heterocycles. The predicted molar refractivity (Wildman–Crippen MR) is 214 cm³/mol. The lowest BCUT2D eigenvalue weighted by Crippen LogP contribution is -2.29. The lowest BCUT2D eigenvalue weighted by atomic mass is 10.0. The van der Waals surface area contributed by atoms with Crippen LogP contribution in [0.2, 0.25) is 0 Å². The van der Waals surface area contributed by atoms with Gasteiger partial charge in [-0.2, -0.15) is 0 Å². The SMILES string of the molecule is CC/C=C\C/C=C\C/C=C\C/C=C\C/C=C\CCCC(=O)OC(COCCCCCCCCCCCCCCCC)COP(=O)(O)OCC(O)CO. The van der Waals surface area contributed by atoms with Crippen LogP contribution < -0.4 is 0 Å². The summed E-state index contributed by atoms with van der Waals surface area (Å²) in [6.45, 7) is 3.32. The van der Waals surface area contributed by atoms with Crippen LogP contribution in [-0.4, -0.2) is 66.3 Å². The Hall–Kier alpha value is -1.84. The minimum Gasteiger partial charge on any atom is -0.457 e. The minimum atomic E-state index is -4.53. The van der Waals surface area contributed by atoms with E-state index in [1.807, 2.05) is 6.08 Å². The van der Waals surface area contributed by atoms with Gasteiger partial charge in [0.15, 0.2) is 0 Å². The Balaban J connectivity index is 4.32. The standard InChI is InChI=1S/C42H75O9P/c1-3-5-7-9-11-13-15-17-19-20-21-22-24-26-28-30-32-34-42(45)51-41(39-50-52(46,47)49-37-40(44)36-43)38-48-35-33-31-29-27-25-23-18-16-14-12-10-8-6-4-2/h5,7,11,13,17,19,21-22,26,28,40-41,43-44H,3-4,6,8-10,12,14-16,18,20,23-25,27,29-39H2,1-2H3,(H,46,47)/b7-5-,13-11-,19-17-,22-21-,28-26-. The average molecular weight is 755 g/mol. The molecule has 0 aliphatic rings. The van der Waals surface area contributed by atoms with Gasteiger partial charge >= 0.3 is 13.8 Å². The van der Waals surface area contributed by atoms with E-state index in [2.05, 4.69) is 68.5 Å². The van der Waals surface area contributed by atoms with Gasteiger partial charge in [0.05, 0.1) is 26.4 Å². The highest BCUT2D eigenvalue weighted by Crippen LogP contribution is 2.43. The third kappa shape index (κ3) is 37.9. The third-order valence-electron chi connectivity index (χ3n) is 8.22. The summed E-state index contributed by atoms with van der Waals surface area (Å²) in [7, 11) is -4.53. The van der Waals surface area contributed by atoms with Crippen LogP contribution in [0.15, 0.2) is 60.8 Å². The Labute approximate surface area is 317 Å². The van der Waals surface area contributed by atoms with Gasteiger partial charge in [-0.25, -0.2) is 4.57 Å². The summed E-state index contributed by atoms with van der Waals surface area (Å²) in [5.41, 5.74) is 0. The van der Waals surface area contributed by atoms with Crippen LogP contribution in [0.1, 0.15) is 155 Å². The van der Waals surface area contributed by atoms with Crippen molar-refractivity contribution in [2.75, 3.05) is 33.0 Å². The summed E-state index contributed by atoms with van der Waals surface area (Å²) in [5.74, 6) is -0.439. The van der Waals surface area contributed by atoms with Crippen molar-refractivity contribution in [3.63, 3.8) is 0 Å². The maximum absolute atomic E-state index is 12.6. The molecule has 0 aromatic heterocycles. The van der Waals surface area contributed by atoms with Gasteiger partial charge in [-0.1, -0.05) is 158 Å². The van der Waals surface area contributed by atoms with Crippen LogP contribution in [0.4, 0.5) is 0 Å². The zero-order valence-electron chi connectivity index (χ0n) is 32.8. The molecule has 3 atom stereocenters. The molecule has 0 saturated heterocycles. The smallest absolute Gasteiger partial charge is 0.457 e. The first kappa shape index (κ1) is 50.2. The van der Waals surface area contributed by atoms with E-state index in [9.17, 15) is 19.4 Å². The van der Waals surface area contributed by atoms with Crippen molar-refractivity contribution in [3.8, 4) is 0 Å². The zero-order valence-corrected chi connectivity index (χ0v) is 33.7. The summed E-state index contributed by atoms with van der Waals surface area (Å²) in [6.07, 6.45) is 43.3. The molecule has 302 valence electrons. The highest BCUT2D eigenvalue weighted by atomic mass is 31.2. The van der Waals surface area contributed by atoms with Gasteiger partial charge in [-0.15, -0.1) is 0 Å². The number of unbranched alkanes of at least 4 members (excludes halogenated alkanes) is 14. The summed E-state index contributed by atoms with van der Waals surface area (Å²) in [4.78, 5) is 22.5. The van der Waals surface area contributed by atoms with E-state index < -0.39 is 45.8 Å². The van der Waals surface area contributed by atoms with Crippen LogP contribution in [0.5, 0.6) is 0 Å². The summed E-state index contributed by atoms with van der Waals surface area (Å²) < 4.78 is 33.2. The van der Waals surface area contributed by atoms with Gasteiger partial charge < -0.3 is 24.6 Å². The van der Waals surface area contributed by atoms with Crippen LogP contribution in [0.3, 0.4) is 0 Å². The molecular formula is C42H75O9P. The maximum atomic E-state index is 12.6. The lowest BCUT2D eigenvalue weighted by molar-refractivity contribution is -0.154. The molecule has 3 N–H and O–H groups in total. The molecule has 0 aromatic rings. The predicted octanol–water partition coefficient (Wildman–Crippen LogP) is 10.8. The van der Waals surface area contributed by atoms with Gasteiger partial charge in [0, 0.05) is 13.0 Å². The number of esters is 1. The molecule has 0 aliphatic carbocycles. The molecule has 52 heavy (non-hydrogen) atoms. The highest BCUT2D eigenvalue weighted by molar-refractivity contribution is 7.47. The monoisotopic (exact) mass is 755 g/mol. The van der Waals surface area contributed by atoms with Crippen molar-refractivity contribution in [1.82, 2.24) is 0 Å². The molecule has 0 bridgehead atoms. The number of hydrogen-bond acceptors (Lipinski definition) is 8. The fourth-order valence-electron chi connectivity index (χ4n) is 5.15. The number of ether oxygens (including phenoxy) is 2. The molecule has 0 rings (SSSR count). The van der Waals surface area contributed by atoms with Gasteiger partial charge in [0.2, 0.25) is 0 Å². The van der Waals surface area contributed by atoms with Crippen molar-refractivity contribution < 1.29 is 43.0 Å². The fourth-order valence-corrected chi connectivity index (χ4v) is 5.94. The normalized spacial score (nSPS) is 14.8. The van der Waals surface area contributed by atoms with E-state index in [1.54, 1.807) is 0 Å². The Morgan fingerprint density at radius 3 is 1.58 bits per heavy atom. The summed E-state index contributed by atoms with van der Waals surface area (Å²) in [5, 5.41) is 18.3. The molecule has 0 aromatic carbocycles. The van der Waals surface area contributed by atoms with E-state index in [-0.39, 0.29) is 13.0 Å². The number of carbonyl (C=O) groups is 1. The molecule has 0 amide bonds. The second-order valence-electron chi connectivity index (χ2n) is 13.3.